The number of rotatable bonds is 5. The number of hydrogen-bond donors (Lipinski definition) is 0. The van der Waals surface area contributed by atoms with Crippen molar-refractivity contribution >= 4 is 9.84 Å². The Bertz CT molecular complexity index is 810. The third-order valence-corrected chi connectivity index (χ3v) is 5.09. The summed E-state index contributed by atoms with van der Waals surface area (Å²) in [5, 5.41) is 3.93. The third-order valence-electron chi connectivity index (χ3n) is 3.95. The second kappa shape index (κ2) is 5.15. The Morgan fingerprint density at radius 3 is 2.68 bits per heavy atom. The molecule has 1 aromatic carbocycles. The van der Waals surface area contributed by atoms with Crippen LogP contribution in [0.1, 0.15) is 24.3 Å². The molecule has 5 nitrogen and oxygen atoms in total. The van der Waals surface area contributed by atoms with Crippen molar-refractivity contribution in [2.75, 3.05) is 12.0 Å². The summed E-state index contributed by atoms with van der Waals surface area (Å²) in [6.45, 7) is 1.78. The van der Waals surface area contributed by atoms with Gasteiger partial charge in [-0.3, -0.25) is 0 Å². The zero-order valence-corrected chi connectivity index (χ0v) is 13.3. The molecule has 1 aliphatic carbocycles. The van der Waals surface area contributed by atoms with Gasteiger partial charge in [0.15, 0.2) is 0 Å². The highest BCUT2D eigenvalue weighted by atomic mass is 32.2. The van der Waals surface area contributed by atoms with Crippen molar-refractivity contribution < 1.29 is 17.3 Å². The van der Waals surface area contributed by atoms with Crippen LogP contribution >= 0.6 is 0 Å². The smallest absolute Gasteiger partial charge is 0.227 e. The van der Waals surface area contributed by atoms with Gasteiger partial charge in [0.2, 0.25) is 11.7 Å². The summed E-state index contributed by atoms with van der Waals surface area (Å²) in [4.78, 5) is 4.33. The number of sulfone groups is 1. The summed E-state index contributed by atoms with van der Waals surface area (Å²) in [7, 11) is -3.03. The minimum atomic E-state index is -3.03. The molecule has 1 saturated carbocycles. The number of hydrogen-bond acceptors (Lipinski definition) is 5. The van der Waals surface area contributed by atoms with Crippen molar-refractivity contribution in [3.8, 4) is 11.4 Å². The maximum Gasteiger partial charge on any atom is 0.227 e. The van der Waals surface area contributed by atoms with Gasteiger partial charge in [-0.1, -0.05) is 5.16 Å². The van der Waals surface area contributed by atoms with Crippen LogP contribution in [0.5, 0.6) is 0 Å². The summed E-state index contributed by atoms with van der Waals surface area (Å²) in [6.07, 6.45) is 3.42. The summed E-state index contributed by atoms with van der Waals surface area (Å²) >= 11 is 0. The van der Waals surface area contributed by atoms with Gasteiger partial charge in [-0.05, 0) is 48.9 Å². The molecular weight excluding hydrogens is 307 g/mol. The maximum absolute atomic E-state index is 13.1. The molecule has 7 heteroatoms. The molecule has 0 amide bonds. The number of nitrogens with zero attached hydrogens (tertiary/aromatic N) is 2. The largest absolute Gasteiger partial charge is 0.339 e. The molecular formula is C15H17FN2O3S. The lowest BCUT2D eigenvalue weighted by Crippen LogP contribution is -2.18. The molecule has 0 atom stereocenters. The minimum absolute atomic E-state index is 0.146. The molecule has 1 aliphatic rings. The van der Waals surface area contributed by atoms with E-state index in [1.54, 1.807) is 13.0 Å². The van der Waals surface area contributed by atoms with Crippen LogP contribution in [0.2, 0.25) is 0 Å². The second-order valence-electron chi connectivity index (χ2n) is 6.22. The Labute approximate surface area is 128 Å². The van der Waals surface area contributed by atoms with Crippen LogP contribution in [0.4, 0.5) is 4.39 Å². The first-order valence-electron chi connectivity index (χ1n) is 7.03. The first-order valence-corrected chi connectivity index (χ1v) is 9.09. The average molecular weight is 324 g/mol. The average Bonchev–Trinajstić information content (AvgIpc) is 2.95. The SMILES string of the molecule is Cc1cc(F)ccc1-c1noc(CC2(CS(C)(=O)=O)CC2)n1. The van der Waals surface area contributed by atoms with E-state index in [1.807, 2.05) is 0 Å². The van der Waals surface area contributed by atoms with E-state index in [-0.39, 0.29) is 17.0 Å². The molecule has 22 heavy (non-hydrogen) atoms. The lowest BCUT2D eigenvalue weighted by Gasteiger charge is -2.09. The molecule has 0 unspecified atom stereocenters. The fourth-order valence-corrected chi connectivity index (χ4v) is 4.24. The highest BCUT2D eigenvalue weighted by molar-refractivity contribution is 7.90. The van der Waals surface area contributed by atoms with Crippen LogP contribution in [0.25, 0.3) is 11.4 Å². The molecule has 1 aromatic heterocycles. The monoisotopic (exact) mass is 324 g/mol. The van der Waals surface area contributed by atoms with E-state index in [4.69, 9.17) is 4.52 Å². The molecule has 1 fully saturated rings. The van der Waals surface area contributed by atoms with Gasteiger partial charge >= 0.3 is 0 Å². The first-order chi connectivity index (χ1) is 10.3. The Morgan fingerprint density at radius 2 is 2.09 bits per heavy atom. The standard InChI is InChI=1S/C15H17FN2O3S/c1-10-7-11(16)3-4-12(10)14-17-13(21-18-14)8-15(5-6-15)9-22(2,19)20/h3-4,7H,5-6,8-9H2,1-2H3. The van der Waals surface area contributed by atoms with Gasteiger partial charge in [-0.2, -0.15) is 4.98 Å². The van der Waals surface area contributed by atoms with Gasteiger partial charge in [0.25, 0.3) is 0 Å². The number of aromatic nitrogens is 2. The van der Waals surface area contributed by atoms with Crippen LogP contribution in [-0.4, -0.2) is 30.6 Å². The molecule has 118 valence electrons. The van der Waals surface area contributed by atoms with Gasteiger partial charge in [-0.15, -0.1) is 0 Å². The molecule has 0 spiro atoms. The van der Waals surface area contributed by atoms with E-state index in [9.17, 15) is 12.8 Å². The van der Waals surface area contributed by atoms with Crippen molar-refractivity contribution in [1.82, 2.24) is 10.1 Å². The van der Waals surface area contributed by atoms with Gasteiger partial charge in [0.05, 0.1) is 5.75 Å². The second-order valence-corrected chi connectivity index (χ2v) is 8.36. The van der Waals surface area contributed by atoms with Crippen LogP contribution < -0.4 is 0 Å². The maximum atomic E-state index is 13.1. The molecule has 0 N–H and O–H groups in total. The summed E-state index contributed by atoms with van der Waals surface area (Å²) in [5.74, 6) is 0.672. The lowest BCUT2D eigenvalue weighted by molar-refractivity contribution is 0.353. The summed E-state index contributed by atoms with van der Waals surface area (Å²) in [5.41, 5.74) is 1.18. The number of halogens is 1. The fourth-order valence-electron chi connectivity index (χ4n) is 2.74. The van der Waals surface area contributed by atoms with Gasteiger partial charge in [-0.25, -0.2) is 12.8 Å². The van der Waals surface area contributed by atoms with Crippen molar-refractivity contribution in [2.24, 2.45) is 5.41 Å². The highest BCUT2D eigenvalue weighted by Crippen LogP contribution is 2.49. The zero-order valence-electron chi connectivity index (χ0n) is 12.5. The van der Waals surface area contributed by atoms with Crippen molar-refractivity contribution in [3.05, 3.63) is 35.5 Å². The minimum Gasteiger partial charge on any atom is -0.339 e. The van der Waals surface area contributed by atoms with E-state index in [2.05, 4.69) is 10.1 Å². The molecule has 0 bridgehead atoms. The van der Waals surface area contributed by atoms with E-state index < -0.39 is 9.84 Å². The van der Waals surface area contributed by atoms with E-state index >= 15 is 0 Å². The number of aryl methyl sites for hydroxylation is 1. The zero-order chi connectivity index (χ0) is 16.0. The third kappa shape index (κ3) is 3.35. The van der Waals surface area contributed by atoms with Crippen molar-refractivity contribution in [2.45, 2.75) is 26.2 Å². The Balaban J connectivity index is 1.80. The van der Waals surface area contributed by atoms with Crippen LogP contribution in [0.15, 0.2) is 22.7 Å². The van der Waals surface area contributed by atoms with E-state index in [0.29, 0.717) is 23.7 Å². The Hall–Kier alpha value is -1.76. The number of benzene rings is 1. The Morgan fingerprint density at radius 1 is 1.36 bits per heavy atom. The van der Waals surface area contributed by atoms with E-state index in [0.717, 1.165) is 18.4 Å². The van der Waals surface area contributed by atoms with E-state index in [1.165, 1.54) is 18.4 Å². The highest BCUT2D eigenvalue weighted by Gasteiger charge is 2.46. The van der Waals surface area contributed by atoms with Crippen molar-refractivity contribution in [1.29, 1.82) is 0 Å². The molecule has 0 aliphatic heterocycles. The molecule has 1 heterocycles. The fraction of sp³-hybridized carbons (Fsp3) is 0.467. The first kappa shape index (κ1) is 15.1. The summed E-state index contributed by atoms with van der Waals surface area (Å²) in [6, 6.07) is 4.38. The van der Waals surface area contributed by atoms with Gasteiger partial charge < -0.3 is 4.52 Å². The quantitative estimate of drug-likeness (QED) is 0.845. The Kier molecular flexibility index (Phi) is 3.55. The normalized spacial score (nSPS) is 16.7. The molecule has 0 radical (unpaired) electrons. The lowest BCUT2D eigenvalue weighted by atomic mass is 10.1. The molecule has 3 rings (SSSR count). The molecule has 2 aromatic rings. The topological polar surface area (TPSA) is 73.1 Å². The molecule has 0 saturated heterocycles. The predicted molar refractivity (Wildman–Crippen MR) is 79.5 cm³/mol. The van der Waals surface area contributed by atoms with Gasteiger partial charge in [0.1, 0.15) is 15.7 Å². The van der Waals surface area contributed by atoms with Crippen molar-refractivity contribution in [3.63, 3.8) is 0 Å². The van der Waals surface area contributed by atoms with Crippen LogP contribution in [-0.2, 0) is 16.3 Å². The van der Waals surface area contributed by atoms with Crippen LogP contribution in [0, 0.1) is 18.2 Å². The summed E-state index contributed by atoms with van der Waals surface area (Å²) < 4.78 is 41.3. The predicted octanol–water partition coefficient (Wildman–Crippen LogP) is 2.55. The van der Waals surface area contributed by atoms with Gasteiger partial charge in [0, 0.05) is 18.2 Å². The van der Waals surface area contributed by atoms with Crippen LogP contribution in [0.3, 0.4) is 0 Å².